The topological polar surface area (TPSA) is 62.5 Å². The zero-order chi connectivity index (χ0) is 11.3. The molecule has 0 spiro atoms. The molecule has 0 saturated heterocycles. The van der Waals surface area contributed by atoms with Crippen LogP contribution in [0.15, 0.2) is 22.8 Å². The van der Waals surface area contributed by atoms with E-state index in [1.54, 1.807) is 13.2 Å². The Morgan fingerprint density at radius 3 is 2.87 bits per heavy atom. The second-order valence-corrected chi connectivity index (χ2v) is 3.83. The predicted octanol–water partition coefficient (Wildman–Crippen LogP) is 1.52. The van der Waals surface area contributed by atoms with E-state index in [0.717, 1.165) is 12.2 Å². The van der Waals surface area contributed by atoms with Crippen LogP contribution in [-0.2, 0) is 11.2 Å². The third kappa shape index (κ3) is 4.16. The third-order valence-electron chi connectivity index (χ3n) is 2.28. The Morgan fingerprint density at radius 2 is 2.33 bits per heavy atom. The Bertz CT molecular complexity index is 295. The molecule has 1 aromatic heterocycles. The maximum atomic E-state index is 10.6. The standard InChI is InChI=1S/C11H17NO3/c1-8(11(13)14)7-12-9(2)6-10-4-3-5-15-10/h3-5,8-9,12H,6-7H2,1-2H3,(H,13,14). The molecule has 0 aliphatic rings. The first-order chi connectivity index (χ1) is 7.09. The minimum Gasteiger partial charge on any atom is -0.481 e. The molecule has 0 bridgehead atoms. The molecule has 0 amide bonds. The van der Waals surface area contributed by atoms with E-state index < -0.39 is 5.97 Å². The Hall–Kier alpha value is -1.29. The van der Waals surface area contributed by atoms with Crippen LogP contribution >= 0.6 is 0 Å². The van der Waals surface area contributed by atoms with Gasteiger partial charge in [-0.05, 0) is 19.1 Å². The number of furan rings is 1. The highest BCUT2D eigenvalue weighted by Crippen LogP contribution is 2.04. The zero-order valence-corrected chi connectivity index (χ0v) is 9.06. The van der Waals surface area contributed by atoms with Crippen LogP contribution in [0.5, 0.6) is 0 Å². The fraction of sp³-hybridized carbons (Fsp3) is 0.545. The Morgan fingerprint density at radius 1 is 1.60 bits per heavy atom. The molecule has 0 saturated carbocycles. The summed E-state index contributed by atoms with van der Waals surface area (Å²) in [6.45, 7) is 4.18. The number of hydrogen-bond acceptors (Lipinski definition) is 3. The summed E-state index contributed by atoms with van der Waals surface area (Å²) < 4.78 is 5.20. The maximum Gasteiger partial charge on any atom is 0.307 e. The van der Waals surface area contributed by atoms with Gasteiger partial charge in [0, 0.05) is 19.0 Å². The molecule has 4 nitrogen and oxygen atoms in total. The van der Waals surface area contributed by atoms with Crippen LogP contribution in [0.3, 0.4) is 0 Å². The molecule has 1 rings (SSSR count). The van der Waals surface area contributed by atoms with E-state index in [9.17, 15) is 4.79 Å². The van der Waals surface area contributed by atoms with Crippen LogP contribution in [0, 0.1) is 5.92 Å². The largest absolute Gasteiger partial charge is 0.481 e. The highest BCUT2D eigenvalue weighted by molar-refractivity contribution is 5.69. The maximum absolute atomic E-state index is 10.6. The third-order valence-corrected chi connectivity index (χ3v) is 2.28. The number of carboxylic acid groups (broad SMARTS) is 1. The van der Waals surface area contributed by atoms with Gasteiger partial charge < -0.3 is 14.8 Å². The summed E-state index contributed by atoms with van der Waals surface area (Å²) >= 11 is 0. The molecule has 0 fully saturated rings. The fourth-order valence-electron chi connectivity index (χ4n) is 1.27. The Labute approximate surface area is 89.3 Å². The van der Waals surface area contributed by atoms with Gasteiger partial charge in [-0.3, -0.25) is 4.79 Å². The second kappa shape index (κ2) is 5.56. The number of nitrogens with one attached hydrogen (secondary N) is 1. The van der Waals surface area contributed by atoms with Gasteiger partial charge in [-0.1, -0.05) is 6.92 Å². The van der Waals surface area contributed by atoms with E-state index >= 15 is 0 Å². The van der Waals surface area contributed by atoms with E-state index in [1.165, 1.54) is 0 Å². The monoisotopic (exact) mass is 211 g/mol. The van der Waals surface area contributed by atoms with Gasteiger partial charge in [-0.2, -0.15) is 0 Å². The number of aliphatic carboxylic acids is 1. The van der Waals surface area contributed by atoms with Crippen LogP contribution in [0.25, 0.3) is 0 Å². The lowest BCUT2D eigenvalue weighted by molar-refractivity contribution is -0.140. The van der Waals surface area contributed by atoms with Crippen molar-refractivity contribution >= 4 is 5.97 Å². The summed E-state index contributed by atoms with van der Waals surface area (Å²) in [5.41, 5.74) is 0. The molecular formula is C11H17NO3. The van der Waals surface area contributed by atoms with Crippen molar-refractivity contribution in [2.45, 2.75) is 26.3 Å². The molecule has 2 unspecified atom stereocenters. The van der Waals surface area contributed by atoms with Crippen molar-refractivity contribution in [2.75, 3.05) is 6.54 Å². The molecule has 1 aromatic rings. The summed E-state index contributed by atoms with van der Waals surface area (Å²) in [6, 6.07) is 3.98. The van der Waals surface area contributed by atoms with E-state index in [0.29, 0.717) is 6.54 Å². The SMILES string of the molecule is CC(Cc1ccco1)NCC(C)C(=O)O. The van der Waals surface area contributed by atoms with Crippen molar-refractivity contribution in [1.82, 2.24) is 5.32 Å². The minimum absolute atomic E-state index is 0.220. The van der Waals surface area contributed by atoms with Gasteiger partial charge in [0.15, 0.2) is 0 Å². The van der Waals surface area contributed by atoms with E-state index in [1.807, 2.05) is 19.1 Å². The smallest absolute Gasteiger partial charge is 0.307 e. The molecule has 0 aliphatic heterocycles. The Balaban J connectivity index is 2.25. The number of rotatable bonds is 6. The van der Waals surface area contributed by atoms with Gasteiger partial charge in [0.2, 0.25) is 0 Å². The summed E-state index contributed by atoms with van der Waals surface area (Å²) in [4.78, 5) is 10.6. The quantitative estimate of drug-likeness (QED) is 0.749. The van der Waals surface area contributed by atoms with Gasteiger partial charge in [0.25, 0.3) is 0 Å². The summed E-state index contributed by atoms with van der Waals surface area (Å²) in [7, 11) is 0. The molecule has 0 aromatic carbocycles. The molecule has 84 valence electrons. The van der Waals surface area contributed by atoms with Crippen LogP contribution in [-0.4, -0.2) is 23.7 Å². The number of carbonyl (C=O) groups is 1. The van der Waals surface area contributed by atoms with E-state index in [2.05, 4.69) is 5.32 Å². The average molecular weight is 211 g/mol. The van der Waals surface area contributed by atoms with Crippen molar-refractivity contribution < 1.29 is 14.3 Å². The van der Waals surface area contributed by atoms with E-state index in [4.69, 9.17) is 9.52 Å². The molecule has 1 heterocycles. The van der Waals surface area contributed by atoms with Crippen LogP contribution in [0.4, 0.5) is 0 Å². The lowest BCUT2D eigenvalue weighted by Gasteiger charge is -2.14. The highest BCUT2D eigenvalue weighted by Gasteiger charge is 2.12. The Kier molecular flexibility index (Phi) is 4.37. The van der Waals surface area contributed by atoms with Gasteiger partial charge in [0.1, 0.15) is 5.76 Å². The van der Waals surface area contributed by atoms with Gasteiger partial charge >= 0.3 is 5.97 Å². The normalized spacial score (nSPS) is 14.8. The minimum atomic E-state index is -0.771. The fourth-order valence-corrected chi connectivity index (χ4v) is 1.27. The predicted molar refractivity (Wildman–Crippen MR) is 56.7 cm³/mol. The highest BCUT2D eigenvalue weighted by atomic mass is 16.4. The number of carboxylic acids is 1. The summed E-state index contributed by atoms with van der Waals surface area (Å²) in [6.07, 6.45) is 2.42. The summed E-state index contributed by atoms with van der Waals surface area (Å²) in [5.74, 6) is -0.213. The van der Waals surface area contributed by atoms with Crippen molar-refractivity contribution in [3.05, 3.63) is 24.2 Å². The van der Waals surface area contributed by atoms with Gasteiger partial charge in [0.05, 0.1) is 12.2 Å². The van der Waals surface area contributed by atoms with Crippen molar-refractivity contribution in [1.29, 1.82) is 0 Å². The first kappa shape index (κ1) is 11.8. The van der Waals surface area contributed by atoms with Crippen molar-refractivity contribution in [3.63, 3.8) is 0 Å². The van der Waals surface area contributed by atoms with Crippen LogP contribution in [0.1, 0.15) is 19.6 Å². The van der Waals surface area contributed by atoms with Crippen molar-refractivity contribution in [3.8, 4) is 0 Å². The van der Waals surface area contributed by atoms with Crippen LogP contribution < -0.4 is 5.32 Å². The molecule has 2 atom stereocenters. The molecular weight excluding hydrogens is 194 g/mol. The van der Waals surface area contributed by atoms with Gasteiger partial charge in [-0.25, -0.2) is 0 Å². The van der Waals surface area contributed by atoms with Crippen molar-refractivity contribution in [2.24, 2.45) is 5.92 Å². The first-order valence-electron chi connectivity index (χ1n) is 5.08. The molecule has 0 aliphatic carbocycles. The van der Waals surface area contributed by atoms with Gasteiger partial charge in [-0.15, -0.1) is 0 Å². The number of hydrogen-bond donors (Lipinski definition) is 2. The average Bonchev–Trinajstić information content (AvgIpc) is 2.66. The lowest BCUT2D eigenvalue weighted by atomic mass is 10.1. The molecule has 4 heteroatoms. The molecule has 0 radical (unpaired) electrons. The summed E-state index contributed by atoms with van der Waals surface area (Å²) in [5, 5.41) is 11.9. The molecule has 15 heavy (non-hydrogen) atoms. The first-order valence-corrected chi connectivity index (χ1v) is 5.08. The van der Waals surface area contributed by atoms with E-state index in [-0.39, 0.29) is 12.0 Å². The second-order valence-electron chi connectivity index (χ2n) is 3.83. The lowest BCUT2D eigenvalue weighted by Crippen LogP contribution is -2.34. The van der Waals surface area contributed by atoms with Crippen LogP contribution in [0.2, 0.25) is 0 Å². The zero-order valence-electron chi connectivity index (χ0n) is 9.06. The molecule has 2 N–H and O–H groups in total.